The Kier molecular flexibility index (Phi) is 5.92. The Morgan fingerprint density at radius 3 is 2.78 bits per heavy atom. The van der Waals surface area contributed by atoms with Crippen molar-refractivity contribution < 1.29 is 18.7 Å². The number of aromatic nitrogens is 2. The standard InChI is InChI=1S/C16H17Cl2FN4O3S/c1-7-11(17)12(18)13(21-7)14(24)22-9-3-4-23(6-8(9)19)16-20-5-10(27-16)15(25)26-2/h5,8-9,21H,3-4,6H2,1-2H3,(H,22,24). The zero-order valence-electron chi connectivity index (χ0n) is 14.5. The molecule has 0 spiro atoms. The van der Waals surface area contributed by atoms with Gasteiger partial charge in [-0.3, -0.25) is 4.79 Å². The summed E-state index contributed by atoms with van der Waals surface area (Å²) < 4.78 is 19.3. The van der Waals surface area contributed by atoms with Crippen LogP contribution in [0.15, 0.2) is 6.20 Å². The lowest BCUT2D eigenvalue weighted by molar-refractivity contribution is 0.0606. The minimum atomic E-state index is -1.31. The zero-order chi connectivity index (χ0) is 19.7. The van der Waals surface area contributed by atoms with E-state index in [4.69, 9.17) is 23.2 Å². The summed E-state index contributed by atoms with van der Waals surface area (Å²) in [5.74, 6) is -0.979. The third-order valence-corrected chi connectivity index (χ3v) is 6.27. The second-order valence-electron chi connectivity index (χ2n) is 6.08. The lowest BCUT2D eigenvalue weighted by Gasteiger charge is -2.34. The van der Waals surface area contributed by atoms with E-state index in [0.29, 0.717) is 28.7 Å². The van der Waals surface area contributed by atoms with E-state index in [-0.39, 0.29) is 22.3 Å². The van der Waals surface area contributed by atoms with Crippen molar-refractivity contribution in [2.75, 3.05) is 25.1 Å². The van der Waals surface area contributed by atoms with Crippen molar-refractivity contribution >= 4 is 51.5 Å². The van der Waals surface area contributed by atoms with Crippen LogP contribution in [0.5, 0.6) is 0 Å². The number of thiazole rings is 1. The third kappa shape index (κ3) is 4.04. The van der Waals surface area contributed by atoms with Crippen LogP contribution in [0.25, 0.3) is 0 Å². The molecule has 11 heteroatoms. The minimum absolute atomic E-state index is 0.0529. The normalized spacial score (nSPS) is 19.8. The van der Waals surface area contributed by atoms with E-state index >= 15 is 0 Å². The molecule has 3 rings (SSSR count). The Bertz CT molecular complexity index is 872. The first-order valence-corrected chi connectivity index (χ1v) is 9.66. The van der Waals surface area contributed by atoms with Crippen molar-refractivity contribution in [2.24, 2.45) is 0 Å². The lowest BCUT2D eigenvalue weighted by Crippen LogP contribution is -2.52. The number of amides is 1. The van der Waals surface area contributed by atoms with Crippen LogP contribution in [0.4, 0.5) is 9.52 Å². The van der Waals surface area contributed by atoms with Gasteiger partial charge in [-0.2, -0.15) is 0 Å². The number of rotatable bonds is 4. The van der Waals surface area contributed by atoms with E-state index in [2.05, 4.69) is 20.0 Å². The van der Waals surface area contributed by atoms with Gasteiger partial charge >= 0.3 is 5.97 Å². The Morgan fingerprint density at radius 1 is 1.44 bits per heavy atom. The number of aryl methyl sites for hydroxylation is 1. The number of carbonyl (C=O) groups is 2. The predicted octanol–water partition coefficient (Wildman–Crippen LogP) is 3.22. The second-order valence-corrected chi connectivity index (χ2v) is 7.85. The summed E-state index contributed by atoms with van der Waals surface area (Å²) >= 11 is 13.1. The number of alkyl halides is 1. The topological polar surface area (TPSA) is 87.3 Å². The number of aromatic amines is 1. The summed E-state index contributed by atoms with van der Waals surface area (Å²) in [6, 6.07) is -0.660. The molecule has 3 heterocycles. The minimum Gasteiger partial charge on any atom is -0.465 e. The molecule has 0 bridgehead atoms. The van der Waals surface area contributed by atoms with Crippen molar-refractivity contribution in [2.45, 2.75) is 25.6 Å². The van der Waals surface area contributed by atoms with Crippen LogP contribution in [-0.4, -0.2) is 54.3 Å². The largest absolute Gasteiger partial charge is 0.465 e. The fraction of sp³-hybridized carbons (Fsp3) is 0.438. The smallest absolute Gasteiger partial charge is 0.349 e. The van der Waals surface area contributed by atoms with Gasteiger partial charge in [-0.25, -0.2) is 14.2 Å². The predicted molar refractivity (Wildman–Crippen MR) is 102 cm³/mol. The van der Waals surface area contributed by atoms with E-state index in [9.17, 15) is 14.0 Å². The zero-order valence-corrected chi connectivity index (χ0v) is 16.8. The van der Waals surface area contributed by atoms with Crippen molar-refractivity contribution in [3.8, 4) is 0 Å². The van der Waals surface area contributed by atoms with Crippen LogP contribution < -0.4 is 10.2 Å². The number of hydrogen-bond acceptors (Lipinski definition) is 6. The van der Waals surface area contributed by atoms with Crippen LogP contribution in [0.3, 0.4) is 0 Å². The van der Waals surface area contributed by atoms with E-state index < -0.39 is 24.1 Å². The SMILES string of the molecule is COC(=O)c1cnc(N2CCC(NC(=O)c3[nH]c(C)c(Cl)c3Cl)C(F)C2)s1. The monoisotopic (exact) mass is 434 g/mol. The summed E-state index contributed by atoms with van der Waals surface area (Å²) in [6.07, 6.45) is 0.482. The maximum Gasteiger partial charge on any atom is 0.349 e. The van der Waals surface area contributed by atoms with Gasteiger partial charge in [-0.1, -0.05) is 34.5 Å². The van der Waals surface area contributed by atoms with E-state index in [1.165, 1.54) is 13.3 Å². The molecule has 2 unspecified atom stereocenters. The van der Waals surface area contributed by atoms with Gasteiger partial charge in [0.25, 0.3) is 5.91 Å². The van der Waals surface area contributed by atoms with Gasteiger partial charge < -0.3 is 19.9 Å². The van der Waals surface area contributed by atoms with Crippen LogP contribution in [0.2, 0.25) is 10.0 Å². The number of methoxy groups -OCH3 is 1. The molecule has 1 amide bonds. The van der Waals surface area contributed by atoms with Crippen molar-refractivity contribution in [1.29, 1.82) is 0 Å². The molecule has 0 radical (unpaired) electrons. The molecule has 7 nitrogen and oxygen atoms in total. The Balaban J connectivity index is 1.63. The van der Waals surface area contributed by atoms with Gasteiger partial charge in [0.05, 0.1) is 35.9 Å². The summed E-state index contributed by atoms with van der Waals surface area (Å²) in [5.41, 5.74) is 0.694. The number of nitrogens with one attached hydrogen (secondary N) is 2. The number of anilines is 1. The van der Waals surface area contributed by atoms with Crippen LogP contribution >= 0.6 is 34.5 Å². The highest BCUT2D eigenvalue weighted by Crippen LogP contribution is 2.30. The van der Waals surface area contributed by atoms with E-state index in [1.807, 2.05) is 0 Å². The molecule has 27 heavy (non-hydrogen) atoms. The molecule has 1 aliphatic heterocycles. The van der Waals surface area contributed by atoms with Crippen molar-refractivity contribution in [3.05, 3.63) is 32.5 Å². The summed E-state index contributed by atoms with van der Waals surface area (Å²) in [5, 5.41) is 3.60. The highest BCUT2D eigenvalue weighted by Gasteiger charge is 2.33. The Labute approximate surface area is 168 Å². The number of halogens is 3. The molecule has 2 aromatic rings. The molecule has 2 aromatic heterocycles. The average molecular weight is 435 g/mol. The second kappa shape index (κ2) is 8.04. The van der Waals surface area contributed by atoms with Gasteiger partial charge in [0.15, 0.2) is 5.13 Å². The first kappa shape index (κ1) is 19.9. The molecule has 2 atom stereocenters. The van der Waals surface area contributed by atoms with Gasteiger partial charge in [0.2, 0.25) is 0 Å². The van der Waals surface area contributed by atoms with Crippen molar-refractivity contribution in [3.63, 3.8) is 0 Å². The Morgan fingerprint density at radius 2 is 2.19 bits per heavy atom. The number of carbonyl (C=O) groups excluding carboxylic acids is 2. The maximum absolute atomic E-state index is 14.6. The first-order chi connectivity index (χ1) is 12.8. The molecule has 1 fully saturated rings. The number of piperidine rings is 1. The molecular formula is C16H17Cl2FN4O3S. The Hall–Kier alpha value is -1.84. The number of H-pyrrole nitrogens is 1. The number of nitrogens with zero attached hydrogens (tertiary/aromatic N) is 2. The molecule has 0 saturated carbocycles. The molecule has 146 valence electrons. The van der Waals surface area contributed by atoms with E-state index in [1.54, 1.807) is 11.8 Å². The van der Waals surface area contributed by atoms with Crippen molar-refractivity contribution in [1.82, 2.24) is 15.3 Å². The fourth-order valence-corrected chi connectivity index (χ4v) is 4.10. The number of hydrogen-bond donors (Lipinski definition) is 2. The highest BCUT2D eigenvalue weighted by molar-refractivity contribution is 7.17. The van der Waals surface area contributed by atoms with Crippen LogP contribution in [-0.2, 0) is 4.74 Å². The molecule has 2 N–H and O–H groups in total. The third-order valence-electron chi connectivity index (χ3n) is 4.29. The van der Waals surface area contributed by atoms with Crippen LogP contribution in [0.1, 0.15) is 32.3 Å². The molecule has 0 aromatic carbocycles. The van der Waals surface area contributed by atoms with Crippen LogP contribution in [0, 0.1) is 6.92 Å². The number of ether oxygens (including phenoxy) is 1. The summed E-state index contributed by atoms with van der Waals surface area (Å²) in [6.45, 7) is 2.23. The van der Waals surface area contributed by atoms with Gasteiger partial charge in [0, 0.05) is 12.2 Å². The highest BCUT2D eigenvalue weighted by atomic mass is 35.5. The number of esters is 1. The molecule has 1 saturated heterocycles. The van der Waals surface area contributed by atoms with Gasteiger partial charge in [0.1, 0.15) is 16.7 Å². The fourth-order valence-electron chi connectivity index (χ4n) is 2.82. The molecule has 1 aliphatic rings. The maximum atomic E-state index is 14.6. The molecular weight excluding hydrogens is 418 g/mol. The van der Waals surface area contributed by atoms with E-state index in [0.717, 1.165) is 11.3 Å². The lowest BCUT2D eigenvalue weighted by atomic mass is 10.0. The first-order valence-electron chi connectivity index (χ1n) is 8.09. The quantitative estimate of drug-likeness (QED) is 0.721. The van der Waals surface area contributed by atoms with Gasteiger partial charge in [-0.05, 0) is 13.3 Å². The summed E-state index contributed by atoms with van der Waals surface area (Å²) in [7, 11) is 1.29. The van der Waals surface area contributed by atoms with Gasteiger partial charge in [-0.15, -0.1) is 0 Å². The summed E-state index contributed by atoms with van der Waals surface area (Å²) in [4.78, 5) is 33.0. The molecule has 0 aliphatic carbocycles. The average Bonchev–Trinajstić information content (AvgIpc) is 3.24.